The predicted molar refractivity (Wildman–Crippen MR) is 202 cm³/mol. The van der Waals surface area contributed by atoms with Gasteiger partial charge < -0.3 is 19.5 Å². The lowest BCUT2D eigenvalue weighted by Gasteiger charge is -2.39. The monoisotopic (exact) mass is 764 g/mol. The highest BCUT2D eigenvalue weighted by Crippen LogP contribution is 2.51. The summed E-state index contributed by atoms with van der Waals surface area (Å²) in [5.41, 5.74) is 4.43. The van der Waals surface area contributed by atoms with Crippen molar-refractivity contribution in [1.82, 2.24) is 19.8 Å². The summed E-state index contributed by atoms with van der Waals surface area (Å²) in [7, 11) is 0. The van der Waals surface area contributed by atoms with Gasteiger partial charge in [0.05, 0.1) is 58.1 Å². The summed E-state index contributed by atoms with van der Waals surface area (Å²) in [6.07, 6.45) is 3.24. The van der Waals surface area contributed by atoms with E-state index in [0.717, 1.165) is 42.4 Å². The summed E-state index contributed by atoms with van der Waals surface area (Å²) < 4.78 is 40.7. The summed E-state index contributed by atoms with van der Waals surface area (Å²) in [5, 5.41) is 24.9. The highest BCUT2D eigenvalue weighted by molar-refractivity contribution is 6.43. The minimum absolute atomic E-state index is 0.0415. The smallest absolute Gasteiger partial charge is 0.226 e. The van der Waals surface area contributed by atoms with E-state index in [1.807, 2.05) is 17.9 Å². The van der Waals surface area contributed by atoms with Gasteiger partial charge in [0, 0.05) is 76.7 Å². The third-order valence-electron chi connectivity index (χ3n) is 11.9. The molecule has 0 spiro atoms. The lowest BCUT2D eigenvalue weighted by atomic mass is 9.79. The van der Waals surface area contributed by atoms with Gasteiger partial charge in [0.1, 0.15) is 11.3 Å². The van der Waals surface area contributed by atoms with Gasteiger partial charge in [0.2, 0.25) is 5.91 Å². The molecule has 5 aromatic rings. The number of nitriles is 2. The molecule has 8 nitrogen and oxygen atoms in total. The molecule has 2 aliphatic carbocycles. The van der Waals surface area contributed by atoms with Crippen LogP contribution in [0.15, 0.2) is 48.5 Å². The Morgan fingerprint density at radius 1 is 1.09 bits per heavy atom. The number of pyridine rings is 1. The molecule has 2 aromatic heterocycles. The Bertz CT molecular complexity index is 2450. The number of amides is 1. The van der Waals surface area contributed by atoms with Gasteiger partial charge in [0.15, 0.2) is 5.82 Å². The van der Waals surface area contributed by atoms with Crippen molar-refractivity contribution in [3.8, 4) is 23.3 Å². The van der Waals surface area contributed by atoms with E-state index in [-0.39, 0.29) is 70.2 Å². The standard InChI is InChI=1S/C42H36Cl2F2N6O2/c1-21-28-16-35(34-15-26(19-51(34)42(53)22-10-11-22)54-20-30-24(17-48)5-2-9-32(30)45)52(40-25-14-33(40)49-18-25)41(28)29-13-23(6-4-12-47)36(38(46)39(29)50-21)27-7-3-8-31(43)37(27)44/h2-3,5,7-9,13,16,22,25-26,33-34,40,49H,4,6,10-11,14-15,18-20H2,1H3/t25-,26+,33-,34-,40+/m1/s1. The first-order valence-corrected chi connectivity index (χ1v) is 19.2. The normalized spacial score (nSPS) is 23.2. The molecule has 3 aliphatic heterocycles. The number of nitrogens with zero attached hydrogens (tertiary/aromatic N) is 5. The summed E-state index contributed by atoms with van der Waals surface area (Å²) in [6, 6.07) is 17.8. The topological polar surface area (TPSA) is 107 Å². The summed E-state index contributed by atoms with van der Waals surface area (Å²) >= 11 is 13.1. The summed E-state index contributed by atoms with van der Waals surface area (Å²) in [5.74, 6) is -0.635. The molecule has 3 saturated heterocycles. The zero-order valence-electron chi connectivity index (χ0n) is 29.5. The first-order valence-electron chi connectivity index (χ1n) is 18.5. The van der Waals surface area contributed by atoms with Gasteiger partial charge in [-0.2, -0.15) is 10.5 Å². The third-order valence-corrected chi connectivity index (χ3v) is 12.8. The van der Waals surface area contributed by atoms with Crippen LogP contribution in [0.4, 0.5) is 8.78 Å². The van der Waals surface area contributed by atoms with Crippen LogP contribution in [0.25, 0.3) is 32.9 Å². The Hall–Kier alpha value is -4.58. The molecule has 54 heavy (non-hydrogen) atoms. The second-order valence-corrected chi connectivity index (χ2v) is 15.9. The third kappa shape index (κ3) is 5.66. The van der Waals surface area contributed by atoms with Crippen LogP contribution < -0.4 is 5.32 Å². The second-order valence-electron chi connectivity index (χ2n) is 15.1. The molecular formula is C42H36Cl2F2N6O2. The van der Waals surface area contributed by atoms with Crippen molar-refractivity contribution in [3.63, 3.8) is 0 Å². The van der Waals surface area contributed by atoms with Crippen LogP contribution in [-0.4, -0.2) is 45.6 Å². The van der Waals surface area contributed by atoms with Gasteiger partial charge in [-0.1, -0.05) is 41.4 Å². The molecule has 274 valence electrons. The molecule has 5 heterocycles. The number of likely N-dealkylation sites (tertiary alicyclic amines) is 1. The van der Waals surface area contributed by atoms with Gasteiger partial charge in [0.25, 0.3) is 0 Å². The maximum atomic E-state index is 17.2. The number of benzene rings is 3. The van der Waals surface area contributed by atoms with Gasteiger partial charge in [-0.25, -0.2) is 13.8 Å². The first kappa shape index (κ1) is 35.1. The van der Waals surface area contributed by atoms with E-state index in [0.29, 0.717) is 52.5 Å². The Morgan fingerprint density at radius 2 is 1.91 bits per heavy atom. The van der Waals surface area contributed by atoms with Crippen LogP contribution in [0.5, 0.6) is 0 Å². The fraction of sp³-hybridized carbons (Fsp3) is 0.381. The molecule has 2 bridgehead atoms. The summed E-state index contributed by atoms with van der Waals surface area (Å²) in [4.78, 5) is 20.8. The van der Waals surface area contributed by atoms with Gasteiger partial charge in [-0.3, -0.25) is 4.79 Å². The fourth-order valence-corrected chi connectivity index (χ4v) is 9.51. The molecule has 5 fully saturated rings. The minimum Gasteiger partial charge on any atom is -0.371 e. The van der Waals surface area contributed by atoms with Crippen molar-refractivity contribution in [2.45, 2.75) is 76.3 Å². The number of rotatable bonds is 9. The number of nitrogens with one attached hydrogen (secondary N) is 1. The van der Waals surface area contributed by atoms with Crippen LogP contribution in [0, 0.1) is 53.1 Å². The zero-order valence-corrected chi connectivity index (χ0v) is 31.0. The van der Waals surface area contributed by atoms with Gasteiger partial charge in [-0.05, 0) is 74.4 Å². The highest BCUT2D eigenvalue weighted by Gasteiger charge is 2.51. The van der Waals surface area contributed by atoms with Crippen molar-refractivity contribution < 1.29 is 18.3 Å². The van der Waals surface area contributed by atoms with E-state index in [1.165, 1.54) is 12.1 Å². The molecular weight excluding hydrogens is 729 g/mol. The van der Waals surface area contributed by atoms with E-state index in [9.17, 15) is 19.7 Å². The molecule has 12 heteroatoms. The molecule has 2 saturated carbocycles. The lowest BCUT2D eigenvalue weighted by Crippen LogP contribution is -2.41. The molecule has 1 amide bonds. The lowest BCUT2D eigenvalue weighted by molar-refractivity contribution is -0.134. The summed E-state index contributed by atoms with van der Waals surface area (Å²) in [6.45, 7) is 2.99. The second kappa shape index (κ2) is 13.6. The fourth-order valence-electron chi connectivity index (χ4n) is 9.12. The predicted octanol–water partition coefficient (Wildman–Crippen LogP) is 8.88. The number of aryl methyl sites for hydroxylation is 2. The minimum atomic E-state index is -0.525. The number of ether oxygens (including phenoxy) is 1. The molecule has 0 radical (unpaired) electrons. The van der Waals surface area contributed by atoms with Crippen LogP contribution in [0.2, 0.25) is 10.0 Å². The molecule has 3 aromatic carbocycles. The Kier molecular flexibility index (Phi) is 8.86. The van der Waals surface area contributed by atoms with Crippen molar-refractivity contribution in [1.29, 1.82) is 10.5 Å². The Morgan fingerprint density at radius 3 is 2.63 bits per heavy atom. The Balaban J connectivity index is 1.22. The number of hydrogen-bond donors (Lipinski definition) is 1. The van der Waals surface area contributed by atoms with Gasteiger partial charge >= 0.3 is 0 Å². The maximum Gasteiger partial charge on any atom is 0.226 e. The van der Waals surface area contributed by atoms with E-state index in [2.05, 4.69) is 28.1 Å². The number of aromatic nitrogens is 2. The van der Waals surface area contributed by atoms with E-state index < -0.39 is 17.7 Å². The molecule has 1 N–H and O–H groups in total. The number of halogens is 4. The average Bonchev–Trinajstić information content (AvgIpc) is 3.45. The number of hydrogen-bond acceptors (Lipinski definition) is 6. The number of carbonyl (C=O) groups excluding carboxylic acids is 1. The molecule has 0 unspecified atom stereocenters. The van der Waals surface area contributed by atoms with Crippen LogP contribution in [0.1, 0.15) is 72.3 Å². The number of carbonyl (C=O) groups is 1. The van der Waals surface area contributed by atoms with E-state index in [4.69, 9.17) is 32.9 Å². The van der Waals surface area contributed by atoms with E-state index >= 15 is 4.39 Å². The SMILES string of the molecule is Cc1nc2c(F)c(-c3cccc(Cl)c3Cl)c(CCC#N)cc2c2c1cc([C@H]1C[C@H](OCc3c(F)cccc3C#N)CN1C(=O)C1CC1)n2[C@H]1[C@H]2CN[C@@H]1C2. The van der Waals surface area contributed by atoms with Crippen molar-refractivity contribution in [3.05, 3.63) is 98.3 Å². The maximum absolute atomic E-state index is 17.2. The molecule has 10 rings (SSSR count). The Labute approximate surface area is 321 Å². The van der Waals surface area contributed by atoms with Crippen molar-refractivity contribution in [2.75, 3.05) is 13.1 Å². The largest absolute Gasteiger partial charge is 0.371 e. The van der Waals surface area contributed by atoms with Crippen molar-refractivity contribution in [2.24, 2.45) is 11.8 Å². The zero-order chi connectivity index (χ0) is 37.4. The average molecular weight is 766 g/mol. The highest BCUT2D eigenvalue weighted by atomic mass is 35.5. The van der Waals surface area contributed by atoms with Crippen LogP contribution >= 0.6 is 23.2 Å². The molecule has 5 aliphatic rings. The number of fused-ring (bicyclic) bond motifs is 4. The van der Waals surface area contributed by atoms with Crippen LogP contribution in [0.3, 0.4) is 0 Å². The first-order chi connectivity index (χ1) is 26.2. The van der Waals surface area contributed by atoms with Gasteiger partial charge in [-0.15, -0.1) is 0 Å². The van der Waals surface area contributed by atoms with Crippen LogP contribution in [-0.2, 0) is 22.6 Å². The molecule has 5 atom stereocenters. The quantitative estimate of drug-likeness (QED) is 0.161. The van der Waals surface area contributed by atoms with Crippen molar-refractivity contribution >= 4 is 50.9 Å². The van der Waals surface area contributed by atoms with E-state index in [1.54, 1.807) is 24.3 Å².